The second-order valence-electron chi connectivity index (χ2n) is 6.80. The fourth-order valence-corrected chi connectivity index (χ4v) is 3.01. The summed E-state index contributed by atoms with van der Waals surface area (Å²) in [4.78, 5) is 24.0. The Bertz CT molecular complexity index is 1050. The summed E-state index contributed by atoms with van der Waals surface area (Å²) in [7, 11) is 0. The second kappa shape index (κ2) is 8.04. The van der Waals surface area contributed by atoms with Gasteiger partial charge >= 0.3 is 0 Å². The lowest BCUT2D eigenvalue weighted by Gasteiger charge is -2.10. The van der Waals surface area contributed by atoms with Crippen LogP contribution in [-0.2, 0) is 4.79 Å². The van der Waals surface area contributed by atoms with Crippen molar-refractivity contribution >= 4 is 28.4 Å². The maximum absolute atomic E-state index is 12.0. The molecule has 28 heavy (non-hydrogen) atoms. The van der Waals surface area contributed by atoms with Gasteiger partial charge in [-0.15, -0.1) is 10.2 Å². The molecular weight excluding hydrogens is 356 g/mol. The molecule has 0 saturated heterocycles. The lowest BCUT2D eigenvalue weighted by atomic mass is 10.1. The molecule has 2 N–H and O–H groups in total. The third-order valence-electron chi connectivity index (χ3n) is 4.32. The number of aromatic hydroxyl groups is 1. The van der Waals surface area contributed by atoms with Crippen molar-refractivity contribution in [2.45, 2.75) is 26.8 Å². The first-order valence-corrected chi connectivity index (χ1v) is 9.00. The van der Waals surface area contributed by atoms with E-state index in [1.807, 2.05) is 39.0 Å². The van der Waals surface area contributed by atoms with E-state index in [0.29, 0.717) is 5.56 Å². The van der Waals surface area contributed by atoms with Crippen molar-refractivity contribution in [1.82, 2.24) is 9.88 Å². The molecule has 0 aliphatic carbocycles. The Balaban J connectivity index is 1.79. The summed E-state index contributed by atoms with van der Waals surface area (Å²) in [5, 5.41) is 21.5. The van der Waals surface area contributed by atoms with Crippen molar-refractivity contribution in [1.29, 1.82) is 0 Å². The predicted molar refractivity (Wildman–Crippen MR) is 107 cm³/mol. The zero-order chi connectivity index (χ0) is 20.3. The van der Waals surface area contributed by atoms with Crippen molar-refractivity contribution in [3.63, 3.8) is 0 Å². The quantitative estimate of drug-likeness (QED) is 0.649. The van der Waals surface area contributed by atoms with Crippen LogP contribution in [0.4, 0.5) is 5.69 Å². The third kappa shape index (κ3) is 3.93. The monoisotopic (exact) mass is 378 g/mol. The Morgan fingerprint density at radius 1 is 1.14 bits per heavy atom. The van der Waals surface area contributed by atoms with Crippen LogP contribution < -0.4 is 5.32 Å². The van der Waals surface area contributed by atoms with Crippen LogP contribution in [-0.4, -0.2) is 28.0 Å². The highest BCUT2D eigenvalue weighted by atomic mass is 16.3. The lowest BCUT2D eigenvalue weighted by molar-refractivity contribution is -0.117. The molecule has 3 aromatic rings. The average Bonchev–Trinajstić information content (AvgIpc) is 2.95. The van der Waals surface area contributed by atoms with Crippen LogP contribution in [0.5, 0.6) is 5.88 Å². The Kier molecular flexibility index (Phi) is 5.54. The topological polar surface area (TPSA) is 96.1 Å². The number of nitrogens with zero attached hydrogens (tertiary/aromatic N) is 3. The highest BCUT2D eigenvalue weighted by Crippen LogP contribution is 2.41. The van der Waals surface area contributed by atoms with E-state index in [2.05, 4.69) is 15.5 Å². The standard InChI is InChI=1S/C21H22N4O3/c1-13(2)25-17-10-9-14(3)11-16(17)19(21(25)28)24-23-18(26)12-22-20(27)15-7-5-4-6-8-15/h4-11,13,28H,12H2,1-3H3,(H,22,27). The van der Waals surface area contributed by atoms with Crippen LogP contribution >= 0.6 is 0 Å². The van der Waals surface area contributed by atoms with Crippen LogP contribution in [0.1, 0.15) is 35.8 Å². The van der Waals surface area contributed by atoms with Crippen molar-refractivity contribution in [2.24, 2.45) is 10.2 Å². The number of benzene rings is 2. The number of fused-ring (bicyclic) bond motifs is 1. The van der Waals surface area contributed by atoms with Gasteiger partial charge < -0.3 is 15.0 Å². The average molecular weight is 378 g/mol. The number of carbonyl (C=O) groups is 2. The van der Waals surface area contributed by atoms with E-state index in [1.54, 1.807) is 34.9 Å². The number of amides is 2. The maximum atomic E-state index is 12.0. The molecule has 0 bridgehead atoms. The molecule has 2 amide bonds. The number of aromatic nitrogens is 1. The van der Waals surface area contributed by atoms with Crippen LogP contribution in [0.3, 0.4) is 0 Å². The molecule has 144 valence electrons. The first-order chi connectivity index (χ1) is 13.4. The van der Waals surface area contributed by atoms with Gasteiger partial charge in [-0.2, -0.15) is 0 Å². The lowest BCUT2D eigenvalue weighted by Crippen LogP contribution is -2.28. The van der Waals surface area contributed by atoms with Crippen molar-refractivity contribution in [2.75, 3.05) is 6.54 Å². The van der Waals surface area contributed by atoms with Gasteiger partial charge in [-0.1, -0.05) is 29.8 Å². The van der Waals surface area contributed by atoms with Gasteiger partial charge in [0, 0.05) is 17.0 Å². The summed E-state index contributed by atoms with van der Waals surface area (Å²) < 4.78 is 1.74. The van der Waals surface area contributed by atoms with Crippen molar-refractivity contribution in [3.05, 3.63) is 59.7 Å². The summed E-state index contributed by atoms with van der Waals surface area (Å²) in [5.74, 6) is -1.01. The van der Waals surface area contributed by atoms with Crippen molar-refractivity contribution < 1.29 is 14.7 Å². The molecule has 1 aromatic heterocycles. The minimum Gasteiger partial charge on any atom is -0.493 e. The molecule has 7 heteroatoms. The van der Waals surface area contributed by atoms with E-state index in [9.17, 15) is 14.7 Å². The maximum Gasteiger partial charge on any atom is 0.283 e. The van der Waals surface area contributed by atoms with Crippen molar-refractivity contribution in [3.8, 4) is 5.88 Å². The molecule has 0 radical (unpaired) electrons. The van der Waals surface area contributed by atoms with E-state index in [4.69, 9.17) is 0 Å². The molecule has 0 fully saturated rings. The van der Waals surface area contributed by atoms with Gasteiger partial charge in [-0.05, 0) is 45.0 Å². The first kappa shape index (κ1) is 19.3. The summed E-state index contributed by atoms with van der Waals surface area (Å²) in [6, 6.07) is 14.4. The minimum absolute atomic E-state index is 0.00928. The zero-order valence-corrected chi connectivity index (χ0v) is 16.0. The van der Waals surface area contributed by atoms with E-state index in [-0.39, 0.29) is 30.1 Å². The van der Waals surface area contributed by atoms with Gasteiger partial charge in [-0.25, -0.2) is 0 Å². The predicted octanol–water partition coefficient (Wildman–Crippen LogP) is 4.28. The number of aryl methyl sites for hydroxylation is 1. The highest BCUT2D eigenvalue weighted by Gasteiger charge is 2.19. The van der Waals surface area contributed by atoms with Crippen LogP contribution in [0.25, 0.3) is 10.9 Å². The molecule has 0 unspecified atom stereocenters. The molecular formula is C21H22N4O3. The first-order valence-electron chi connectivity index (χ1n) is 9.00. The Morgan fingerprint density at radius 3 is 2.54 bits per heavy atom. The molecule has 0 saturated carbocycles. The Morgan fingerprint density at radius 2 is 1.86 bits per heavy atom. The SMILES string of the molecule is Cc1ccc2c(c1)c(N=NC(=O)CNC(=O)c1ccccc1)c(O)n2C(C)C. The van der Waals surface area contributed by atoms with Crippen LogP contribution in [0.15, 0.2) is 58.8 Å². The van der Waals surface area contributed by atoms with Crippen LogP contribution in [0, 0.1) is 6.92 Å². The van der Waals surface area contributed by atoms with E-state index in [0.717, 1.165) is 16.5 Å². The van der Waals surface area contributed by atoms with Gasteiger partial charge in [0.2, 0.25) is 5.88 Å². The molecule has 0 atom stereocenters. The summed E-state index contributed by atoms with van der Waals surface area (Å²) in [6.07, 6.45) is 0. The number of carbonyl (C=O) groups excluding carboxylic acids is 2. The smallest absolute Gasteiger partial charge is 0.283 e. The summed E-state index contributed by atoms with van der Waals surface area (Å²) in [6.45, 7) is 5.56. The van der Waals surface area contributed by atoms with Gasteiger partial charge in [0.15, 0.2) is 5.69 Å². The highest BCUT2D eigenvalue weighted by molar-refractivity contribution is 5.97. The third-order valence-corrected chi connectivity index (χ3v) is 4.32. The van der Waals surface area contributed by atoms with Gasteiger partial charge in [0.05, 0.1) is 5.52 Å². The summed E-state index contributed by atoms with van der Waals surface area (Å²) >= 11 is 0. The van der Waals surface area contributed by atoms with Gasteiger partial charge in [-0.3, -0.25) is 9.59 Å². The van der Waals surface area contributed by atoms with Gasteiger partial charge in [0.1, 0.15) is 6.54 Å². The fourth-order valence-electron chi connectivity index (χ4n) is 3.01. The fraction of sp³-hybridized carbons (Fsp3) is 0.238. The van der Waals surface area contributed by atoms with E-state index in [1.165, 1.54) is 0 Å². The molecule has 2 aromatic carbocycles. The summed E-state index contributed by atoms with van der Waals surface area (Å²) in [5.41, 5.74) is 2.53. The van der Waals surface area contributed by atoms with Gasteiger partial charge in [0.25, 0.3) is 11.8 Å². The molecule has 3 rings (SSSR count). The number of rotatable bonds is 5. The number of hydrogen-bond acceptors (Lipinski definition) is 4. The largest absolute Gasteiger partial charge is 0.493 e. The number of nitrogens with one attached hydrogen (secondary N) is 1. The molecule has 7 nitrogen and oxygen atoms in total. The van der Waals surface area contributed by atoms with Crippen LogP contribution in [0.2, 0.25) is 0 Å². The molecule has 0 aliphatic rings. The minimum atomic E-state index is -0.609. The molecule has 0 spiro atoms. The Hall–Kier alpha value is -3.48. The second-order valence-corrected chi connectivity index (χ2v) is 6.80. The zero-order valence-electron chi connectivity index (χ0n) is 16.0. The normalized spacial score (nSPS) is 11.4. The Labute approximate surface area is 162 Å². The van der Waals surface area contributed by atoms with E-state index >= 15 is 0 Å². The molecule has 1 heterocycles. The molecule has 0 aliphatic heterocycles. The number of azo groups is 1. The van der Waals surface area contributed by atoms with E-state index < -0.39 is 5.91 Å². The number of hydrogen-bond donors (Lipinski definition) is 2.